The van der Waals surface area contributed by atoms with Gasteiger partial charge in [0.25, 0.3) is 0 Å². The Morgan fingerprint density at radius 1 is 0.586 bits per heavy atom. The molecule has 29 heavy (non-hydrogen) atoms. The lowest BCUT2D eigenvalue weighted by Gasteiger charge is -2.30. The predicted molar refractivity (Wildman–Crippen MR) is 122 cm³/mol. The van der Waals surface area contributed by atoms with Crippen LogP contribution in [0.15, 0.2) is 0 Å². The molecule has 0 saturated heterocycles. The van der Waals surface area contributed by atoms with E-state index in [9.17, 15) is 5.11 Å². The second kappa shape index (κ2) is 20.9. The zero-order valence-corrected chi connectivity index (χ0v) is 19.4. The van der Waals surface area contributed by atoms with Gasteiger partial charge in [0, 0.05) is 58.9 Å². The highest BCUT2D eigenvalue weighted by Crippen LogP contribution is 1.99. The van der Waals surface area contributed by atoms with Gasteiger partial charge in [-0.25, -0.2) is 0 Å². The molecule has 0 atom stereocenters. The predicted octanol–water partition coefficient (Wildman–Crippen LogP) is -0.789. The Morgan fingerprint density at radius 3 is 1.48 bits per heavy atom. The fourth-order valence-corrected chi connectivity index (χ4v) is 3.42. The third-order valence-corrected chi connectivity index (χ3v) is 5.27. The summed E-state index contributed by atoms with van der Waals surface area (Å²) in [6.45, 7) is 13.5. The minimum Gasteiger partial charge on any atom is -0.395 e. The highest BCUT2D eigenvalue weighted by atomic mass is 16.3. The molecule has 0 aromatic heterocycles. The maximum Gasteiger partial charge on any atom is 0.0558 e. The lowest BCUT2D eigenvalue weighted by atomic mass is 10.3. The van der Waals surface area contributed by atoms with Crippen LogP contribution >= 0.6 is 0 Å². The first-order valence-corrected chi connectivity index (χ1v) is 11.4. The first-order valence-electron chi connectivity index (χ1n) is 11.4. The van der Waals surface area contributed by atoms with E-state index >= 15 is 0 Å². The second-order valence-corrected chi connectivity index (χ2v) is 7.81. The quantitative estimate of drug-likeness (QED) is 0.170. The van der Waals surface area contributed by atoms with Crippen LogP contribution in [0, 0.1) is 0 Å². The SMILES string of the molecule is CCCN(CCN(C)CCCCNC)CCN(CCO)CCN(CCO)CCO. The van der Waals surface area contributed by atoms with Gasteiger partial charge in [0.05, 0.1) is 19.8 Å². The van der Waals surface area contributed by atoms with E-state index in [1.165, 1.54) is 12.8 Å². The molecular weight excluding hydrogens is 370 g/mol. The monoisotopic (exact) mass is 419 g/mol. The number of rotatable bonds is 22. The molecule has 0 rings (SSSR count). The van der Waals surface area contributed by atoms with Gasteiger partial charge in [0.2, 0.25) is 0 Å². The van der Waals surface area contributed by atoms with E-state index < -0.39 is 0 Å². The van der Waals surface area contributed by atoms with Gasteiger partial charge in [-0.1, -0.05) is 6.92 Å². The van der Waals surface area contributed by atoms with Crippen molar-refractivity contribution < 1.29 is 15.3 Å². The molecule has 0 spiro atoms. The minimum absolute atomic E-state index is 0.104. The molecule has 0 aliphatic carbocycles. The van der Waals surface area contributed by atoms with Crippen molar-refractivity contribution in [3.63, 3.8) is 0 Å². The van der Waals surface area contributed by atoms with Gasteiger partial charge in [-0.3, -0.25) is 9.80 Å². The van der Waals surface area contributed by atoms with E-state index in [1.54, 1.807) is 0 Å². The molecule has 8 heteroatoms. The summed E-state index contributed by atoms with van der Waals surface area (Å²) in [6.07, 6.45) is 3.60. The molecule has 4 N–H and O–H groups in total. The molecule has 0 aromatic carbocycles. The number of unbranched alkanes of at least 4 members (excludes halogenated alkanes) is 1. The zero-order valence-electron chi connectivity index (χ0n) is 19.4. The number of nitrogens with one attached hydrogen (secondary N) is 1. The molecule has 0 saturated carbocycles. The van der Waals surface area contributed by atoms with Gasteiger partial charge < -0.3 is 30.4 Å². The second-order valence-electron chi connectivity index (χ2n) is 7.81. The Labute approximate surface area is 179 Å². The first-order chi connectivity index (χ1) is 14.1. The number of likely N-dealkylation sites (N-methyl/N-ethyl adjacent to an activating group) is 1. The Kier molecular flexibility index (Phi) is 20.7. The van der Waals surface area contributed by atoms with E-state index in [0.717, 1.165) is 65.3 Å². The van der Waals surface area contributed by atoms with Gasteiger partial charge in [0.1, 0.15) is 0 Å². The van der Waals surface area contributed by atoms with E-state index in [4.69, 9.17) is 10.2 Å². The van der Waals surface area contributed by atoms with Crippen molar-refractivity contribution in [2.75, 3.05) is 112 Å². The molecule has 0 aliphatic rings. The fraction of sp³-hybridized carbons (Fsp3) is 1.00. The number of hydrogen-bond acceptors (Lipinski definition) is 8. The smallest absolute Gasteiger partial charge is 0.0558 e. The molecular formula is C21H49N5O3. The maximum absolute atomic E-state index is 9.41. The number of aliphatic hydroxyl groups is 3. The summed E-state index contributed by atoms with van der Waals surface area (Å²) in [4.78, 5) is 9.29. The Hall–Kier alpha value is -0.320. The summed E-state index contributed by atoms with van der Waals surface area (Å²) in [5.41, 5.74) is 0. The number of aliphatic hydroxyl groups excluding tert-OH is 3. The molecule has 0 aromatic rings. The van der Waals surface area contributed by atoms with Crippen molar-refractivity contribution in [3.8, 4) is 0 Å². The van der Waals surface area contributed by atoms with Gasteiger partial charge in [-0.05, 0) is 53.0 Å². The molecule has 0 radical (unpaired) electrons. The van der Waals surface area contributed by atoms with Crippen LogP contribution in [0.1, 0.15) is 26.2 Å². The normalized spacial score (nSPS) is 12.2. The molecule has 0 fully saturated rings. The number of hydrogen-bond donors (Lipinski definition) is 4. The minimum atomic E-state index is 0.104. The van der Waals surface area contributed by atoms with Crippen LogP contribution in [0.5, 0.6) is 0 Å². The van der Waals surface area contributed by atoms with Crippen LogP contribution in [0.25, 0.3) is 0 Å². The lowest BCUT2D eigenvalue weighted by molar-refractivity contribution is 0.123. The highest BCUT2D eigenvalue weighted by molar-refractivity contribution is 4.68. The Balaban J connectivity index is 4.32. The topological polar surface area (TPSA) is 85.7 Å². The van der Waals surface area contributed by atoms with Gasteiger partial charge in [-0.2, -0.15) is 0 Å². The molecule has 0 heterocycles. The van der Waals surface area contributed by atoms with Gasteiger partial charge >= 0.3 is 0 Å². The van der Waals surface area contributed by atoms with Crippen molar-refractivity contribution in [1.29, 1.82) is 0 Å². The fourth-order valence-electron chi connectivity index (χ4n) is 3.42. The standard InChI is InChI=1S/C21H49N5O3/c1-4-8-24(11-10-23(3)9-6-5-7-22-2)12-13-25(16-19-27)14-15-26(17-20-28)18-21-29/h22,27-29H,4-21H2,1-3H3. The van der Waals surface area contributed by atoms with Crippen molar-refractivity contribution in [2.24, 2.45) is 0 Å². The average molecular weight is 420 g/mol. The van der Waals surface area contributed by atoms with E-state index in [-0.39, 0.29) is 19.8 Å². The highest BCUT2D eigenvalue weighted by Gasteiger charge is 2.12. The summed E-state index contributed by atoms with van der Waals surface area (Å²) in [6, 6.07) is 0. The molecule has 0 aliphatic heterocycles. The summed E-state index contributed by atoms with van der Waals surface area (Å²) in [7, 11) is 4.21. The van der Waals surface area contributed by atoms with Gasteiger partial charge in [0.15, 0.2) is 0 Å². The van der Waals surface area contributed by atoms with Gasteiger partial charge in [-0.15, -0.1) is 0 Å². The third-order valence-electron chi connectivity index (χ3n) is 5.27. The van der Waals surface area contributed by atoms with Crippen molar-refractivity contribution in [1.82, 2.24) is 24.9 Å². The molecule has 0 unspecified atom stereocenters. The summed E-state index contributed by atoms with van der Waals surface area (Å²) in [5.74, 6) is 0. The van der Waals surface area contributed by atoms with Crippen molar-refractivity contribution in [3.05, 3.63) is 0 Å². The first kappa shape index (κ1) is 28.7. The van der Waals surface area contributed by atoms with Crippen LogP contribution in [0.4, 0.5) is 0 Å². The zero-order chi connectivity index (χ0) is 21.7. The largest absolute Gasteiger partial charge is 0.395 e. The third kappa shape index (κ3) is 17.1. The van der Waals surface area contributed by atoms with Crippen LogP contribution in [-0.2, 0) is 0 Å². The van der Waals surface area contributed by atoms with Crippen molar-refractivity contribution in [2.45, 2.75) is 26.2 Å². The summed E-state index contributed by atoms with van der Waals surface area (Å²) < 4.78 is 0. The summed E-state index contributed by atoms with van der Waals surface area (Å²) in [5, 5.41) is 30.9. The van der Waals surface area contributed by atoms with E-state index in [0.29, 0.717) is 19.6 Å². The number of nitrogens with zero attached hydrogens (tertiary/aromatic N) is 4. The van der Waals surface area contributed by atoms with Crippen LogP contribution in [-0.4, -0.2) is 147 Å². The molecule has 0 amide bonds. The van der Waals surface area contributed by atoms with Crippen LogP contribution in [0.2, 0.25) is 0 Å². The maximum atomic E-state index is 9.41. The van der Waals surface area contributed by atoms with Crippen LogP contribution < -0.4 is 5.32 Å². The average Bonchev–Trinajstić information content (AvgIpc) is 2.71. The molecule has 8 nitrogen and oxygen atoms in total. The lowest BCUT2D eigenvalue weighted by Crippen LogP contribution is -2.43. The van der Waals surface area contributed by atoms with Crippen molar-refractivity contribution >= 4 is 0 Å². The van der Waals surface area contributed by atoms with E-state index in [2.05, 4.69) is 38.9 Å². The Bertz CT molecular complexity index is 333. The Morgan fingerprint density at radius 2 is 1.03 bits per heavy atom. The summed E-state index contributed by atoms with van der Waals surface area (Å²) >= 11 is 0. The van der Waals surface area contributed by atoms with E-state index in [1.807, 2.05) is 7.05 Å². The molecule has 0 bridgehead atoms. The van der Waals surface area contributed by atoms with Crippen LogP contribution in [0.3, 0.4) is 0 Å². The molecule has 176 valence electrons.